The Hall–Kier alpha value is -6.62. The van der Waals surface area contributed by atoms with Crippen molar-refractivity contribution in [2.24, 2.45) is 0 Å². The first kappa shape index (κ1) is 31.0. The molecule has 0 saturated carbocycles. The summed E-state index contributed by atoms with van der Waals surface area (Å²) in [7, 11) is 0. The zero-order chi connectivity index (χ0) is 35.6. The molecule has 54 heavy (non-hydrogen) atoms. The molecule has 4 heteroatoms. The fourth-order valence-corrected chi connectivity index (χ4v) is 9.52. The van der Waals surface area contributed by atoms with Crippen molar-refractivity contribution < 1.29 is 4.42 Å². The lowest BCUT2D eigenvalue weighted by molar-refractivity contribution is 0.669. The van der Waals surface area contributed by atoms with E-state index in [2.05, 4.69) is 192 Å². The van der Waals surface area contributed by atoms with Gasteiger partial charge in [0.05, 0.1) is 11.4 Å². The van der Waals surface area contributed by atoms with E-state index in [4.69, 9.17) is 4.42 Å². The quantitative estimate of drug-likeness (QED) is 0.171. The average molecular weight is 711 g/mol. The Bertz CT molecular complexity index is 3060. The lowest BCUT2D eigenvalue weighted by Gasteiger charge is -2.28. The molecule has 0 radical (unpaired) electrons. The topological polar surface area (TPSA) is 19.6 Å². The largest absolute Gasteiger partial charge is 0.456 e. The maximum Gasteiger partial charge on any atom is 0.137 e. The third-order valence-electron chi connectivity index (χ3n) is 10.9. The Morgan fingerprint density at radius 1 is 0.444 bits per heavy atom. The predicted octanol–water partition coefficient (Wildman–Crippen LogP) is 15.0. The highest BCUT2D eigenvalue weighted by Gasteiger charge is 2.21. The fourth-order valence-electron chi connectivity index (χ4n) is 8.36. The second-order valence-electron chi connectivity index (χ2n) is 14.0. The summed E-state index contributed by atoms with van der Waals surface area (Å²) < 4.78 is 9.24. The summed E-state index contributed by atoms with van der Waals surface area (Å²) >= 11 is 1.85. The van der Waals surface area contributed by atoms with Gasteiger partial charge in [-0.1, -0.05) is 103 Å². The van der Waals surface area contributed by atoms with E-state index in [-0.39, 0.29) is 0 Å². The fraction of sp³-hybridized carbons (Fsp3) is 0.0400. The van der Waals surface area contributed by atoms with Crippen molar-refractivity contribution in [2.75, 3.05) is 9.80 Å². The monoisotopic (exact) mass is 710 g/mol. The maximum atomic E-state index is 6.73. The summed E-state index contributed by atoms with van der Waals surface area (Å²) in [4.78, 5) is 4.74. The summed E-state index contributed by atoms with van der Waals surface area (Å²) in [6, 6.07) is 61.3. The van der Waals surface area contributed by atoms with Gasteiger partial charge in [0, 0.05) is 70.7 Å². The molecule has 0 saturated heterocycles. The minimum Gasteiger partial charge on any atom is -0.456 e. The van der Waals surface area contributed by atoms with E-state index in [1.54, 1.807) is 0 Å². The van der Waals surface area contributed by atoms with Gasteiger partial charge in [0.1, 0.15) is 11.2 Å². The number of hydrogen-bond acceptors (Lipinski definition) is 4. The second-order valence-corrected chi connectivity index (χ2v) is 15.1. The van der Waals surface area contributed by atoms with E-state index >= 15 is 0 Å². The molecule has 3 nitrogen and oxygen atoms in total. The summed E-state index contributed by atoms with van der Waals surface area (Å²) in [5, 5.41) is 7.18. The van der Waals surface area contributed by atoms with Crippen LogP contribution < -0.4 is 9.80 Å². The van der Waals surface area contributed by atoms with Crippen molar-refractivity contribution in [1.29, 1.82) is 0 Å². The van der Waals surface area contributed by atoms with Gasteiger partial charge in [-0.15, -0.1) is 11.3 Å². The van der Waals surface area contributed by atoms with E-state index in [9.17, 15) is 0 Å². The van der Waals surface area contributed by atoms with E-state index < -0.39 is 0 Å². The zero-order valence-electron chi connectivity index (χ0n) is 29.4. The van der Waals surface area contributed by atoms with Crippen LogP contribution in [0, 0.1) is 0 Å². The maximum absolute atomic E-state index is 6.73. The highest BCUT2D eigenvalue weighted by molar-refractivity contribution is 7.26. The normalized spacial score (nSPS) is 12.6. The summed E-state index contributed by atoms with van der Waals surface area (Å²) in [5.41, 5.74) is 11.3. The standard InChI is InChI=1S/C50H34N2OS/c1-3-17-35(18-4-1)51(45-23-11-15-33-13-7-9-21-39(33)45)37-25-27-41-43-32-50-44(31-48(43)53-47(41)29-37)42-28-26-38(30-49(42)54-50)52(36-19-5-2-6-20-36)46-24-12-16-34-14-8-10-22-40(34)46/h1-6,8-12,14-32H,7,13H2. The lowest BCUT2D eigenvalue weighted by Crippen LogP contribution is -2.12. The number of fused-ring (bicyclic) bond motifs is 8. The molecular weight excluding hydrogens is 677 g/mol. The average Bonchev–Trinajstić information content (AvgIpc) is 3.77. The molecule has 0 unspecified atom stereocenters. The van der Waals surface area contributed by atoms with Gasteiger partial charge in [0.15, 0.2) is 0 Å². The van der Waals surface area contributed by atoms with E-state index in [0.29, 0.717) is 0 Å². The molecule has 1 aliphatic carbocycles. The van der Waals surface area contributed by atoms with Gasteiger partial charge in [0.2, 0.25) is 0 Å². The van der Waals surface area contributed by atoms with Crippen LogP contribution in [0.4, 0.5) is 34.1 Å². The SMILES string of the molecule is C1=Cc2c(cccc2N(c2ccccc2)c2ccc3c(c2)oc2cc4c(cc23)sc2cc(N(c3ccccc3)c3cccc5ccccc35)ccc24)CC1. The first-order valence-electron chi connectivity index (χ1n) is 18.6. The highest BCUT2D eigenvalue weighted by atomic mass is 32.1. The van der Waals surface area contributed by atoms with Crippen LogP contribution in [0.2, 0.25) is 0 Å². The minimum absolute atomic E-state index is 0.890. The van der Waals surface area contributed by atoms with Crippen LogP contribution in [-0.4, -0.2) is 0 Å². The Labute approximate surface area is 317 Å². The molecule has 0 aliphatic heterocycles. The van der Waals surface area contributed by atoms with Gasteiger partial charge < -0.3 is 14.2 Å². The predicted molar refractivity (Wildman–Crippen MR) is 231 cm³/mol. The number of thiophene rings is 1. The first-order chi connectivity index (χ1) is 26.8. The Balaban J connectivity index is 1.03. The smallest absolute Gasteiger partial charge is 0.137 e. The summed E-state index contributed by atoms with van der Waals surface area (Å²) in [6.45, 7) is 0. The molecule has 0 N–H and O–H groups in total. The van der Waals surface area contributed by atoms with Crippen molar-refractivity contribution in [3.8, 4) is 0 Å². The van der Waals surface area contributed by atoms with Crippen LogP contribution in [0.15, 0.2) is 180 Å². The summed E-state index contributed by atoms with van der Waals surface area (Å²) in [6.07, 6.45) is 6.72. The van der Waals surface area contributed by atoms with Crippen LogP contribution in [0.1, 0.15) is 17.5 Å². The number of anilines is 6. The van der Waals surface area contributed by atoms with Gasteiger partial charge in [-0.05, 0) is 96.6 Å². The molecule has 256 valence electrons. The van der Waals surface area contributed by atoms with Gasteiger partial charge in [-0.25, -0.2) is 0 Å². The molecule has 10 aromatic rings. The molecular formula is C50H34N2OS. The molecule has 2 aromatic heterocycles. The third kappa shape index (κ3) is 5.02. The van der Waals surface area contributed by atoms with Crippen molar-refractivity contribution in [3.63, 3.8) is 0 Å². The molecule has 0 atom stereocenters. The van der Waals surface area contributed by atoms with Crippen LogP contribution in [0.25, 0.3) is 59.0 Å². The number of furan rings is 1. The number of para-hydroxylation sites is 2. The van der Waals surface area contributed by atoms with Gasteiger partial charge in [-0.3, -0.25) is 0 Å². The molecule has 0 spiro atoms. The zero-order valence-corrected chi connectivity index (χ0v) is 30.3. The van der Waals surface area contributed by atoms with Crippen LogP contribution in [0.5, 0.6) is 0 Å². The van der Waals surface area contributed by atoms with Gasteiger partial charge >= 0.3 is 0 Å². The number of allylic oxidation sites excluding steroid dienone is 1. The van der Waals surface area contributed by atoms with E-state index in [1.165, 1.54) is 47.8 Å². The Morgan fingerprint density at radius 2 is 1.09 bits per heavy atom. The van der Waals surface area contributed by atoms with Crippen molar-refractivity contribution in [2.45, 2.75) is 12.8 Å². The van der Waals surface area contributed by atoms with Gasteiger partial charge in [0.25, 0.3) is 0 Å². The van der Waals surface area contributed by atoms with Crippen molar-refractivity contribution in [3.05, 3.63) is 187 Å². The van der Waals surface area contributed by atoms with Crippen LogP contribution in [0.3, 0.4) is 0 Å². The van der Waals surface area contributed by atoms with Crippen LogP contribution >= 0.6 is 11.3 Å². The Kier molecular flexibility index (Phi) is 7.17. The van der Waals surface area contributed by atoms with E-state index in [1.807, 2.05) is 11.3 Å². The molecule has 8 aromatic carbocycles. The summed E-state index contributed by atoms with van der Waals surface area (Å²) in [5.74, 6) is 0. The molecule has 1 aliphatic rings. The minimum atomic E-state index is 0.890. The van der Waals surface area contributed by atoms with Crippen molar-refractivity contribution >= 4 is 104 Å². The third-order valence-corrected chi connectivity index (χ3v) is 12.0. The van der Waals surface area contributed by atoms with Crippen LogP contribution in [-0.2, 0) is 6.42 Å². The molecule has 11 rings (SSSR count). The number of benzene rings is 8. The highest BCUT2D eigenvalue weighted by Crippen LogP contribution is 2.46. The van der Waals surface area contributed by atoms with E-state index in [0.717, 1.165) is 63.2 Å². The number of nitrogens with zero attached hydrogens (tertiary/aromatic N) is 2. The number of rotatable bonds is 6. The lowest BCUT2D eigenvalue weighted by atomic mass is 9.95. The first-order valence-corrected chi connectivity index (χ1v) is 19.4. The van der Waals surface area contributed by atoms with Crippen molar-refractivity contribution in [1.82, 2.24) is 0 Å². The van der Waals surface area contributed by atoms with Gasteiger partial charge in [-0.2, -0.15) is 0 Å². The Morgan fingerprint density at radius 3 is 1.93 bits per heavy atom. The number of aryl methyl sites for hydroxylation is 1. The molecule has 0 fully saturated rings. The molecule has 0 bridgehead atoms. The second kappa shape index (κ2) is 12.5. The number of hydrogen-bond donors (Lipinski definition) is 0. The molecule has 2 heterocycles. The molecule has 0 amide bonds.